The molecule has 0 radical (unpaired) electrons. The number of carbonyl (C=O) groups excluding carboxylic acids is 3. The molecule has 6 aromatic rings. The molecule has 14 heteroatoms. The number of Topliss-reactive ketones (excluding diaryl/α,β-unsaturated/α-hetero) is 1. The average molecular weight is 986 g/mol. The number of piperidine rings is 1. The number of aromatic amines is 1. The van der Waals surface area contributed by atoms with E-state index in [9.17, 15) is 29.4 Å². The molecule has 7 rings (SSSR count). The van der Waals surface area contributed by atoms with Crippen LogP contribution in [-0.2, 0) is 37.3 Å². The van der Waals surface area contributed by atoms with E-state index in [4.69, 9.17) is 13.9 Å². The molecule has 0 bridgehead atoms. The van der Waals surface area contributed by atoms with E-state index >= 15 is 0 Å². The van der Waals surface area contributed by atoms with Crippen molar-refractivity contribution in [2.24, 2.45) is 0 Å². The summed E-state index contributed by atoms with van der Waals surface area (Å²) in [6.45, 7) is 18.0. The number of ketones is 1. The Morgan fingerprint density at radius 1 is 0.857 bits per heavy atom. The summed E-state index contributed by atoms with van der Waals surface area (Å²) in [6.07, 6.45) is 0.743. The third-order valence-corrected chi connectivity index (χ3v) is 19.1. The van der Waals surface area contributed by atoms with Crippen molar-refractivity contribution >= 4 is 48.4 Å². The van der Waals surface area contributed by atoms with E-state index in [1.165, 1.54) is 12.1 Å². The molecule has 1 amide bonds. The van der Waals surface area contributed by atoms with Crippen LogP contribution in [0.25, 0.3) is 21.3 Å². The highest BCUT2D eigenvalue weighted by Gasteiger charge is 2.44. The molecule has 4 aromatic carbocycles. The van der Waals surface area contributed by atoms with Gasteiger partial charge in [-0.15, -0.1) is 11.3 Å². The normalized spacial score (nSPS) is 15.3. The molecular formula is C56H67N3O9SSi. The Hall–Kier alpha value is -5.90. The maximum atomic E-state index is 14.1. The third-order valence-electron chi connectivity index (χ3n) is 13.4. The zero-order valence-corrected chi connectivity index (χ0v) is 43.7. The molecular weight excluding hydrogens is 919 g/mol. The Labute approximate surface area is 416 Å². The number of pyridine rings is 1. The van der Waals surface area contributed by atoms with Crippen LogP contribution in [0.1, 0.15) is 104 Å². The summed E-state index contributed by atoms with van der Waals surface area (Å²) in [7, 11) is -0.436. The molecule has 12 nitrogen and oxygen atoms in total. The van der Waals surface area contributed by atoms with Gasteiger partial charge in [0.2, 0.25) is 11.2 Å². The number of benzene rings is 4. The van der Waals surface area contributed by atoms with Gasteiger partial charge in [0, 0.05) is 58.4 Å². The molecule has 2 atom stereocenters. The molecule has 0 unspecified atom stereocenters. The van der Waals surface area contributed by atoms with Crippen molar-refractivity contribution in [1.82, 2.24) is 14.8 Å². The number of aromatic hydroxyl groups is 1. The Morgan fingerprint density at radius 2 is 1.54 bits per heavy atom. The van der Waals surface area contributed by atoms with Crippen molar-refractivity contribution in [3.8, 4) is 16.2 Å². The van der Waals surface area contributed by atoms with Crippen molar-refractivity contribution in [2.45, 2.75) is 115 Å². The van der Waals surface area contributed by atoms with E-state index in [0.717, 1.165) is 34.0 Å². The number of nitrogens with one attached hydrogen (secondary N) is 1. The number of nitrogens with zero attached hydrogens (tertiary/aromatic N) is 2. The number of thiophene rings is 1. The number of aromatic nitrogens is 1. The van der Waals surface area contributed by atoms with Gasteiger partial charge in [0.05, 0.1) is 18.2 Å². The van der Waals surface area contributed by atoms with Crippen LogP contribution in [0.2, 0.25) is 18.1 Å². The van der Waals surface area contributed by atoms with Gasteiger partial charge in [0.15, 0.2) is 14.1 Å². The fourth-order valence-electron chi connectivity index (χ4n) is 8.39. The highest BCUT2D eigenvalue weighted by Crippen LogP contribution is 2.42. The van der Waals surface area contributed by atoms with Crippen LogP contribution in [-0.4, -0.2) is 89.5 Å². The Morgan fingerprint density at radius 3 is 2.21 bits per heavy atom. The largest absolute Gasteiger partial charge is 0.506 e. The predicted molar refractivity (Wildman–Crippen MR) is 279 cm³/mol. The topological polar surface area (TPSA) is 159 Å². The van der Waals surface area contributed by atoms with Crippen molar-refractivity contribution < 1.29 is 38.5 Å². The van der Waals surface area contributed by atoms with Crippen LogP contribution < -0.4 is 5.56 Å². The number of phenolic OH excluding ortho intramolecular Hbond substituents is 1. The summed E-state index contributed by atoms with van der Waals surface area (Å²) in [5.74, 6) is -0.784. The molecule has 70 heavy (non-hydrogen) atoms. The summed E-state index contributed by atoms with van der Waals surface area (Å²) in [6, 6.07) is 34.0. The smallest absolute Gasteiger partial charge is 0.410 e. The molecule has 370 valence electrons. The molecule has 0 aliphatic carbocycles. The lowest BCUT2D eigenvalue weighted by Gasteiger charge is -2.41. The third kappa shape index (κ3) is 12.3. The Balaban J connectivity index is 1.06. The summed E-state index contributed by atoms with van der Waals surface area (Å²) in [4.78, 5) is 62.5. The van der Waals surface area contributed by atoms with E-state index in [1.807, 2.05) is 76.3 Å². The van der Waals surface area contributed by atoms with E-state index in [1.54, 1.807) is 70.8 Å². The minimum atomic E-state index is -2.48. The molecule has 1 fully saturated rings. The summed E-state index contributed by atoms with van der Waals surface area (Å²) in [5, 5.41) is 23.5. The molecule has 0 saturated carbocycles. The summed E-state index contributed by atoms with van der Waals surface area (Å²) >= 11 is 1.56. The molecule has 0 spiro atoms. The maximum Gasteiger partial charge on any atom is 0.410 e. The number of aryl methyl sites for hydroxylation is 1. The number of aliphatic hydroxyl groups is 1. The summed E-state index contributed by atoms with van der Waals surface area (Å²) < 4.78 is 19.0. The Kier molecular flexibility index (Phi) is 15.7. The molecule has 1 saturated heterocycles. The number of likely N-dealkylation sites (tertiary alicyclic amines) is 1. The van der Waals surface area contributed by atoms with Gasteiger partial charge >= 0.3 is 12.1 Å². The second-order valence-corrected chi connectivity index (χ2v) is 26.9. The number of fused-ring (bicyclic) bond motifs is 1. The number of esters is 1. The highest BCUT2D eigenvalue weighted by molar-refractivity contribution is 7.15. The quantitative estimate of drug-likeness (QED) is 0.0484. The number of ether oxygens (including phenoxy) is 2. The van der Waals surface area contributed by atoms with Crippen LogP contribution >= 0.6 is 11.3 Å². The van der Waals surface area contributed by atoms with E-state index in [2.05, 4.69) is 43.7 Å². The van der Waals surface area contributed by atoms with E-state index < -0.39 is 37.7 Å². The molecule has 1 aliphatic heterocycles. The van der Waals surface area contributed by atoms with Crippen molar-refractivity contribution in [3.05, 3.63) is 158 Å². The van der Waals surface area contributed by atoms with E-state index in [-0.39, 0.29) is 47.7 Å². The standard InChI is InChI=1S/C56H67N3O9SSi/c1-54(2,3)67-53(64)59(36-48(68-70(8,9)55(4,5)6)44-24-27-47(61)51-45(44)25-29-50(62)57-51)35-37-18-20-38(21-19-37)46(60)26-22-43-23-28-49(69-43)39-14-13-17-41(34-39)56(65,40-15-11-10-12-16-40)52(63)66-42-30-32-58(7)33-31-42/h10-21,23-25,27-29,34,42,48,61,65H,22,26,30-33,35-36H2,1-9H3,(H,57,62)/t48-,56-/m0/s1. The molecule has 3 heterocycles. The SMILES string of the molecule is CN1CCC(OC(=O)[C@](O)(c2ccccc2)c2cccc(-c3ccc(CCC(=O)c4ccc(CN(C[C@H](O[Si](C)(C)C(C)(C)C)c5ccc(O)c6[nH]c(=O)ccc56)C(=O)OC(C)(C)C)cc4)s3)c2)CC1. The number of rotatable bonds is 16. The lowest BCUT2D eigenvalue weighted by atomic mass is 9.85. The number of carbonyl (C=O) groups is 3. The summed E-state index contributed by atoms with van der Waals surface area (Å²) in [5.41, 5.74) is 0.884. The fourth-order valence-corrected chi connectivity index (χ4v) is 10.7. The van der Waals surface area contributed by atoms with Gasteiger partial charge in [-0.1, -0.05) is 99.6 Å². The molecule has 3 N–H and O–H groups in total. The van der Waals surface area contributed by atoms with Gasteiger partial charge in [0.1, 0.15) is 17.5 Å². The van der Waals surface area contributed by atoms with E-state index in [0.29, 0.717) is 52.4 Å². The minimum Gasteiger partial charge on any atom is -0.506 e. The zero-order valence-electron chi connectivity index (χ0n) is 41.8. The second-order valence-electron chi connectivity index (χ2n) is 21.0. The highest BCUT2D eigenvalue weighted by atomic mass is 32.1. The van der Waals surface area contributed by atoms with Crippen molar-refractivity contribution in [3.63, 3.8) is 0 Å². The van der Waals surface area contributed by atoms with Gasteiger partial charge in [0.25, 0.3) is 0 Å². The number of hydrogen-bond donors (Lipinski definition) is 3. The van der Waals surface area contributed by atoms with Crippen molar-refractivity contribution in [2.75, 3.05) is 26.7 Å². The number of H-pyrrole nitrogens is 1. The first-order valence-electron chi connectivity index (χ1n) is 24.0. The van der Waals surface area contributed by atoms with Crippen LogP contribution in [0.3, 0.4) is 0 Å². The van der Waals surface area contributed by atoms with Gasteiger partial charge in [-0.05, 0) is 118 Å². The lowest BCUT2D eigenvalue weighted by molar-refractivity contribution is -0.169. The first kappa shape index (κ1) is 51.9. The number of amides is 1. The van der Waals surface area contributed by atoms with Gasteiger partial charge in [-0.3, -0.25) is 9.59 Å². The van der Waals surface area contributed by atoms with Gasteiger partial charge < -0.3 is 38.9 Å². The number of phenols is 1. The van der Waals surface area contributed by atoms with Gasteiger partial charge in [-0.25, -0.2) is 9.59 Å². The monoisotopic (exact) mass is 985 g/mol. The number of hydrogen-bond acceptors (Lipinski definition) is 11. The fraction of sp³-hybridized carbons (Fsp3) is 0.393. The van der Waals surface area contributed by atoms with Crippen LogP contribution in [0.15, 0.2) is 120 Å². The van der Waals surface area contributed by atoms with Crippen LogP contribution in [0.5, 0.6) is 5.75 Å². The van der Waals surface area contributed by atoms with Crippen molar-refractivity contribution in [1.29, 1.82) is 0 Å². The maximum absolute atomic E-state index is 14.1. The minimum absolute atomic E-state index is 0.0244. The lowest BCUT2D eigenvalue weighted by Crippen LogP contribution is -2.45. The molecule has 1 aliphatic rings. The first-order chi connectivity index (χ1) is 33.0. The van der Waals surface area contributed by atoms with Crippen LogP contribution in [0, 0.1) is 0 Å². The van der Waals surface area contributed by atoms with Crippen LogP contribution in [0.4, 0.5) is 4.79 Å². The van der Waals surface area contributed by atoms with Gasteiger partial charge in [-0.2, -0.15) is 0 Å². The molecule has 2 aromatic heterocycles. The second kappa shape index (κ2) is 21.2. The Bertz CT molecular complexity index is 2860. The first-order valence-corrected chi connectivity index (χ1v) is 27.7. The zero-order chi connectivity index (χ0) is 50.6. The predicted octanol–water partition coefficient (Wildman–Crippen LogP) is 11.2. The average Bonchev–Trinajstić information content (AvgIpc) is 3.80.